The fourth-order valence-electron chi connectivity index (χ4n) is 3.07. The molecule has 0 radical (unpaired) electrons. The average molecular weight is 290 g/mol. The summed E-state index contributed by atoms with van der Waals surface area (Å²) in [6.07, 6.45) is 4.72. The molecule has 1 heterocycles. The first-order chi connectivity index (χ1) is 9.66. The van der Waals surface area contributed by atoms with E-state index in [1.807, 2.05) is 31.2 Å². The van der Waals surface area contributed by atoms with Crippen molar-refractivity contribution in [1.82, 2.24) is 9.97 Å². The van der Waals surface area contributed by atoms with Crippen molar-refractivity contribution in [2.75, 3.05) is 11.9 Å². The summed E-state index contributed by atoms with van der Waals surface area (Å²) >= 11 is 6.51. The second-order valence-corrected chi connectivity index (χ2v) is 6.16. The van der Waals surface area contributed by atoms with Crippen LogP contribution in [0.15, 0.2) is 24.3 Å². The molecule has 1 saturated carbocycles. The first-order valence-corrected chi connectivity index (χ1v) is 7.71. The Morgan fingerprint density at radius 3 is 2.45 bits per heavy atom. The lowest BCUT2D eigenvalue weighted by Crippen LogP contribution is -2.41. The number of fused-ring (bicyclic) bond motifs is 1. The molecule has 0 aliphatic heterocycles. The molecule has 2 atom stereocenters. The monoisotopic (exact) mass is 289 g/mol. The van der Waals surface area contributed by atoms with Gasteiger partial charge in [-0.05, 0) is 31.9 Å². The Morgan fingerprint density at radius 2 is 1.75 bits per heavy atom. The van der Waals surface area contributed by atoms with Gasteiger partial charge in [-0.25, -0.2) is 9.97 Å². The van der Waals surface area contributed by atoms with E-state index in [1.165, 1.54) is 12.8 Å². The molecule has 2 aromatic rings. The third-order valence-electron chi connectivity index (χ3n) is 4.20. The van der Waals surface area contributed by atoms with Gasteiger partial charge < -0.3 is 4.90 Å². The number of nitrogens with zero attached hydrogens (tertiary/aromatic N) is 3. The van der Waals surface area contributed by atoms with Gasteiger partial charge in [-0.15, -0.1) is 11.6 Å². The lowest BCUT2D eigenvalue weighted by atomic mass is 9.94. The molecule has 3 nitrogen and oxygen atoms in total. The van der Waals surface area contributed by atoms with Crippen molar-refractivity contribution in [2.45, 2.75) is 44.0 Å². The summed E-state index contributed by atoms with van der Waals surface area (Å²) < 4.78 is 0. The van der Waals surface area contributed by atoms with Gasteiger partial charge in [0.05, 0.1) is 22.1 Å². The van der Waals surface area contributed by atoms with E-state index in [0.717, 1.165) is 35.4 Å². The van der Waals surface area contributed by atoms with E-state index in [9.17, 15) is 0 Å². The van der Waals surface area contributed by atoms with E-state index in [-0.39, 0.29) is 5.38 Å². The van der Waals surface area contributed by atoms with Crippen LogP contribution >= 0.6 is 11.6 Å². The van der Waals surface area contributed by atoms with Gasteiger partial charge in [-0.3, -0.25) is 0 Å². The van der Waals surface area contributed by atoms with E-state index in [4.69, 9.17) is 16.6 Å². The maximum absolute atomic E-state index is 6.51. The van der Waals surface area contributed by atoms with Crippen molar-refractivity contribution in [3.05, 3.63) is 30.0 Å². The number of halogens is 1. The Kier molecular flexibility index (Phi) is 3.79. The summed E-state index contributed by atoms with van der Waals surface area (Å²) in [5.41, 5.74) is 2.87. The van der Waals surface area contributed by atoms with Gasteiger partial charge in [0, 0.05) is 13.1 Å². The van der Waals surface area contributed by atoms with Crippen LogP contribution in [-0.4, -0.2) is 28.4 Å². The maximum Gasteiger partial charge on any atom is 0.150 e. The molecule has 4 heteroatoms. The summed E-state index contributed by atoms with van der Waals surface area (Å²) in [5, 5.41) is 0.210. The third kappa shape index (κ3) is 2.47. The zero-order valence-corrected chi connectivity index (χ0v) is 12.8. The van der Waals surface area contributed by atoms with E-state index < -0.39 is 0 Å². The van der Waals surface area contributed by atoms with E-state index in [0.29, 0.717) is 6.04 Å². The molecule has 1 aromatic carbocycles. The largest absolute Gasteiger partial charge is 0.354 e. The molecule has 1 aliphatic rings. The van der Waals surface area contributed by atoms with Crippen molar-refractivity contribution in [2.24, 2.45) is 0 Å². The molecule has 2 unspecified atom stereocenters. The molecule has 1 aromatic heterocycles. The van der Waals surface area contributed by atoms with E-state index in [1.54, 1.807) is 0 Å². The van der Waals surface area contributed by atoms with Crippen LogP contribution in [0.4, 0.5) is 5.82 Å². The predicted molar refractivity (Wildman–Crippen MR) is 84.6 cm³/mol. The van der Waals surface area contributed by atoms with Crippen molar-refractivity contribution in [3.63, 3.8) is 0 Å². The Hall–Kier alpha value is -1.35. The Morgan fingerprint density at radius 1 is 1.10 bits per heavy atom. The lowest BCUT2D eigenvalue weighted by Gasteiger charge is -2.36. The Bertz CT molecular complexity index is 614. The number of anilines is 1. The van der Waals surface area contributed by atoms with E-state index in [2.05, 4.69) is 16.9 Å². The highest BCUT2D eigenvalue weighted by molar-refractivity contribution is 6.21. The Balaban J connectivity index is 1.98. The van der Waals surface area contributed by atoms with Gasteiger partial charge in [0.1, 0.15) is 0 Å². The predicted octanol–water partition coefficient (Wildman–Crippen LogP) is 3.92. The van der Waals surface area contributed by atoms with Crippen LogP contribution < -0.4 is 4.90 Å². The van der Waals surface area contributed by atoms with E-state index >= 15 is 0 Å². The molecule has 3 rings (SSSR count). The number of hydrogen-bond donors (Lipinski definition) is 0. The number of alkyl halides is 1. The molecule has 20 heavy (non-hydrogen) atoms. The fraction of sp³-hybridized carbons (Fsp3) is 0.500. The SMILES string of the molecule is Cc1nc2ccccc2nc1N(C)C1CCCCC1Cl. The minimum Gasteiger partial charge on any atom is -0.354 e. The minimum atomic E-state index is 0.210. The molecule has 0 amide bonds. The van der Waals surface area contributed by atoms with Crippen LogP contribution in [0.5, 0.6) is 0 Å². The molecule has 1 aliphatic carbocycles. The number of aromatic nitrogens is 2. The Labute approximate surface area is 125 Å². The van der Waals surface area contributed by atoms with Crippen LogP contribution in [0.2, 0.25) is 0 Å². The third-order valence-corrected chi connectivity index (χ3v) is 4.71. The van der Waals surface area contributed by atoms with Gasteiger partial charge in [0.2, 0.25) is 0 Å². The van der Waals surface area contributed by atoms with Gasteiger partial charge >= 0.3 is 0 Å². The highest BCUT2D eigenvalue weighted by Gasteiger charge is 2.28. The molecule has 1 fully saturated rings. The van der Waals surface area contributed by atoms with Crippen LogP contribution in [0.3, 0.4) is 0 Å². The number of rotatable bonds is 2. The van der Waals surface area contributed by atoms with Gasteiger partial charge in [0.25, 0.3) is 0 Å². The van der Waals surface area contributed by atoms with Gasteiger partial charge in [-0.1, -0.05) is 25.0 Å². The summed E-state index contributed by atoms with van der Waals surface area (Å²) in [4.78, 5) is 11.7. The smallest absolute Gasteiger partial charge is 0.150 e. The summed E-state index contributed by atoms with van der Waals surface area (Å²) in [6, 6.07) is 8.37. The van der Waals surface area contributed by atoms with Gasteiger partial charge in [-0.2, -0.15) is 0 Å². The number of para-hydroxylation sites is 2. The summed E-state index contributed by atoms with van der Waals surface area (Å²) in [5.74, 6) is 0.959. The summed E-state index contributed by atoms with van der Waals surface area (Å²) in [7, 11) is 2.09. The van der Waals surface area contributed by atoms with Crippen molar-refractivity contribution < 1.29 is 0 Å². The van der Waals surface area contributed by atoms with Crippen molar-refractivity contribution >= 4 is 28.5 Å². The highest BCUT2D eigenvalue weighted by atomic mass is 35.5. The molecule has 106 valence electrons. The molecule has 0 saturated heterocycles. The number of aryl methyl sites for hydroxylation is 1. The van der Waals surface area contributed by atoms with Crippen molar-refractivity contribution in [3.8, 4) is 0 Å². The van der Waals surface area contributed by atoms with Crippen molar-refractivity contribution in [1.29, 1.82) is 0 Å². The summed E-state index contributed by atoms with van der Waals surface area (Å²) in [6.45, 7) is 2.03. The topological polar surface area (TPSA) is 29.0 Å². The molecule has 0 bridgehead atoms. The van der Waals surface area contributed by atoms with Gasteiger partial charge in [0.15, 0.2) is 5.82 Å². The molecule has 0 N–H and O–H groups in total. The van der Waals surface area contributed by atoms with Crippen LogP contribution in [-0.2, 0) is 0 Å². The lowest BCUT2D eigenvalue weighted by molar-refractivity contribution is 0.432. The van der Waals surface area contributed by atoms with Crippen LogP contribution in [0.1, 0.15) is 31.4 Å². The standard InChI is InChI=1S/C16H20ClN3/c1-11-16(19-14-9-5-4-8-13(14)18-11)20(2)15-10-6-3-7-12(15)17/h4-5,8-9,12,15H,3,6-7,10H2,1-2H3. The molecular weight excluding hydrogens is 270 g/mol. The number of benzene rings is 1. The highest BCUT2D eigenvalue weighted by Crippen LogP contribution is 2.30. The normalized spacial score (nSPS) is 22.9. The number of hydrogen-bond acceptors (Lipinski definition) is 3. The molecular formula is C16H20ClN3. The second-order valence-electron chi connectivity index (χ2n) is 5.60. The quantitative estimate of drug-likeness (QED) is 0.785. The molecule has 0 spiro atoms. The maximum atomic E-state index is 6.51. The first-order valence-electron chi connectivity index (χ1n) is 7.27. The first kappa shape index (κ1) is 13.6. The fourth-order valence-corrected chi connectivity index (χ4v) is 3.52. The second kappa shape index (κ2) is 5.57. The minimum absolute atomic E-state index is 0.210. The zero-order chi connectivity index (χ0) is 14.1. The average Bonchev–Trinajstić information content (AvgIpc) is 2.46. The van der Waals surface area contributed by atoms with Crippen LogP contribution in [0, 0.1) is 6.92 Å². The van der Waals surface area contributed by atoms with Crippen LogP contribution in [0.25, 0.3) is 11.0 Å². The zero-order valence-electron chi connectivity index (χ0n) is 12.0.